The van der Waals surface area contributed by atoms with Crippen LogP contribution in [0.2, 0.25) is 0 Å². The van der Waals surface area contributed by atoms with Gasteiger partial charge in [-0.05, 0) is 68.5 Å². The molecule has 9 nitrogen and oxygen atoms in total. The van der Waals surface area contributed by atoms with Gasteiger partial charge in [0.05, 0.1) is 37.2 Å². The van der Waals surface area contributed by atoms with Crippen LogP contribution >= 0.6 is 0 Å². The summed E-state index contributed by atoms with van der Waals surface area (Å²) < 4.78 is 51.3. The summed E-state index contributed by atoms with van der Waals surface area (Å²) in [5, 5.41) is 5.54. The fraction of sp³-hybridized carbons (Fsp3) is 0.438. The molecular weight excluding hydrogens is 575 g/mol. The number of nitrogens with zero attached hydrogens (tertiary/aromatic N) is 3. The molecule has 2 fully saturated rings. The Morgan fingerprint density at radius 3 is 2.43 bits per heavy atom. The Hall–Kier alpha value is -4.19. The van der Waals surface area contributed by atoms with E-state index in [0.29, 0.717) is 22.5 Å². The van der Waals surface area contributed by atoms with Gasteiger partial charge in [-0.3, -0.25) is 9.78 Å². The minimum absolute atomic E-state index is 0.0249. The van der Waals surface area contributed by atoms with Crippen molar-refractivity contribution in [3.63, 3.8) is 0 Å². The first-order valence-corrected chi connectivity index (χ1v) is 14.4. The molecule has 1 aromatic heterocycles. The van der Waals surface area contributed by atoms with Gasteiger partial charge >= 0.3 is 12.3 Å². The van der Waals surface area contributed by atoms with Crippen molar-refractivity contribution in [2.45, 2.75) is 58.5 Å². The van der Waals surface area contributed by atoms with Gasteiger partial charge in [-0.25, -0.2) is 9.78 Å². The molecule has 234 valence electrons. The third-order valence-corrected chi connectivity index (χ3v) is 7.76. The van der Waals surface area contributed by atoms with Crippen molar-refractivity contribution < 1.29 is 32.2 Å². The molecule has 3 aromatic rings. The van der Waals surface area contributed by atoms with Gasteiger partial charge < -0.3 is 25.0 Å². The number of anilines is 1. The molecule has 1 atom stereocenters. The highest BCUT2D eigenvalue weighted by Gasteiger charge is 2.45. The summed E-state index contributed by atoms with van der Waals surface area (Å²) in [6.45, 7) is 10.1. The van der Waals surface area contributed by atoms with Crippen molar-refractivity contribution >= 4 is 17.8 Å². The molecule has 0 radical (unpaired) electrons. The SMILES string of the molecule is C[C@@H](NC(=O)c1cncc(N2CCC3(COC3)C2)n1)c1ccc(-c2cc(C(F)(F)F)ccc2CNC(=O)OC(C)(C)C)cc1. The zero-order valence-electron chi connectivity index (χ0n) is 25.1. The van der Waals surface area contributed by atoms with Crippen LogP contribution in [0.15, 0.2) is 54.9 Å². The third-order valence-electron chi connectivity index (χ3n) is 7.76. The second-order valence-electron chi connectivity index (χ2n) is 12.5. The van der Waals surface area contributed by atoms with Crippen molar-refractivity contribution in [1.82, 2.24) is 20.6 Å². The first-order chi connectivity index (χ1) is 20.7. The standard InChI is InChI=1S/C32H36F3N5O4/c1-20(38-28(41)26-15-36-16-27(39-26)40-12-11-31(17-40)18-43-19-31)21-5-7-22(8-6-21)25-13-24(32(33,34)35)10-9-23(25)14-37-29(42)44-30(2,3)4/h5-10,13,15-16,20H,11-12,14,17-19H2,1-4H3,(H,37,42)(H,38,41)/t20-/m1/s1. The highest BCUT2D eigenvalue weighted by molar-refractivity contribution is 5.92. The van der Waals surface area contributed by atoms with E-state index in [4.69, 9.17) is 9.47 Å². The molecule has 3 heterocycles. The molecule has 1 spiro atoms. The molecule has 12 heteroatoms. The highest BCUT2D eigenvalue weighted by Crippen LogP contribution is 2.39. The molecule has 2 saturated heterocycles. The molecular formula is C32H36F3N5O4. The number of benzene rings is 2. The molecule has 2 N–H and O–H groups in total. The molecule has 2 aliphatic rings. The number of ether oxygens (including phenoxy) is 2. The van der Waals surface area contributed by atoms with Crippen LogP contribution < -0.4 is 15.5 Å². The van der Waals surface area contributed by atoms with Gasteiger partial charge in [0, 0.05) is 25.0 Å². The number of carbonyl (C=O) groups excluding carboxylic acids is 2. The van der Waals surface area contributed by atoms with Gasteiger partial charge in [0.1, 0.15) is 17.1 Å². The number of amides is 2. The van der Waals surface area contributed by atoms with Crippen LogP contribution in [0.5, 0.6) is 0 Å². The Kier molecular flexibility index (Phi) is 8.57. The Labute approximate surface area is 254 Å². The third kappa shape index (κ3) is 7.29. The predicted molar refractivity (Wildman–Crippen MR) is 158 cm³/mol. The van der Waals surface area contributed by atoms with Crippen LogP contribution in [0.4, 0.5) is 23.8 Å². The molecule has 0 aliphatic carbocycles. The quantitative estimate of drug-likeness (QED) is 0.343. The van der Waals surface area contributed by atoms with Crippen molar-refractivity contribution in [2.24, 2.45) is 5.41 Å². The normalized spacial score (nSPS) is 16.8. The summed E-state index contributed by atoms with van der Waals surface area (Å²) in [5.74, 6) is 0.265. The number of nitrogens with one attached hydrogen (secondary N) is 2. The van der Waals surface area contributed by atoms with Crippen LogP contribution in [0.3, 0.4) is 0 Å². The van der Waals surface area contributed by atoms with Crippen molar-refractivity contribution in [3.8, 4) is 11.1 Å². The first-order valence-electron chi connectivity index (χ1n) is 14.4. The Morgan fingerprint density at radius 2 is 1.82 bits per heavy atom. The summed E-state index contributed by atoms with van der Waals surface area (Å²) in [6.07, 6.45) is -1.11. The van der Waals surface area contributed by atoms with Crippen LogP contribution in [-0.2, 0) is 22.2 Å². The number of rotatable bonds is 7. The lowest BCUT2D eigenvalue weighted by Crippen LogP contribution is -2.44. The van der Waals surface area contributed by atoms with Gasteiger partial charge in [-0.1, -0.05) is 30.3 Å². The van der Waals surface area contributed by atoms with E-state index in [0.717, 1.165) is 50.4 Å². The summed E-state index contributed by atoms with van der Waals surface area (Å²) >= 11 is 0. The molecule has 44 heavy (non-hydrogen) atoms. The monoisotopic (exact) mass is 611 g/mol. The van der Waals surface area contributed by atoms with E-state index in [1.807, 2.05) is 6.92 Å². The number of alkyl halides is 3. The van der Waals surface area contributed by atoms with Crippen LogP contribution in [0, 0.1) is 5.41 Å². The molecule has 5 rings (SSSR count). The summed E-state index contributed by atoms with van der Waals surface area (Å²) in [6, 6.07) is 9.87. The zero-order valence-corrected chi connectivity index (χ0v) is 25.1. The molecule has 2 amide bonds. The van der Waals surface area contributed by atoms with E-state index in [-0.39, 0.29) is 23.6 Å². The summed E-state index contributed by atoms with van der Waals surface area (Å²) in [5.41, 5.74) is 0.941. The summed E-state index contributed by atoms with van der Waals surface area (Å²) in [4.78, 5) is 36.1. The largest absolute Gasteiger partial charge is 0.444 e. The van der Waals surface area contributed by atoms with Crippen molar-refractivity contribution in [3.05, 3.63) is 77.2 Å². The van der Waals surface area contributed by atoms with E-state index in [2.05, 4.69) is 25.5 Å². The minimum atomic E-state index is -4.54. The number of alkyl carbamates (subject to hydrolysis) is 1. The number of aromatic nitrogens is 2. The molecule has 2 aromatic carbocycles. The molecule has 0 bridgehead atoms. The number of hydrogen-bond donors (Lipinski definition) is 2. The Bertz CT molecular complexity index is 1520. The highest BCUT2D eigenvalue weighted by atomic mass is 19.4. The van der Waals surface area contributed by atoms with Gasteiger partial charge in [0.25, 0.3) is 5.91 Å². The second-order valence-corrected chi connectivity index (χ2v) is 12.5. The fourth-order valence-corrected chi connectivity index (χ4v) is 5.34. The summed E-state index contributed by atoms with van der Waals surface area (Å²) in [7, 11) is 0. The number of carbonyl (C=O) groups is 2. The van der Waals surface area contributed by atoms with E-state index in [1.165, 1.54) is 12.3 Å². The van der Waals surface area contributed by atoms with E-state index in [1.54, 1.807) is 51.2 Å². The maximum atomic E-state index is 13.6. The van der Waals surface area contributed by atoms with Gasteiger partial charge in [0.2, 0.25) is 0 Å². The number of hydrogen-bond acceptors (Lipinski definition) is 7. The average molecular weight is 612 g/mol. The minimum Gasteiger partial charge on any atom is -0.444 e. The second kappa shape index (κ2) is 12.1. The van der Waals surface area contributed by atoms with Gasteiger partial charge in [-0.15, -0.1) is 0 Å². The van der Waals surface area contributed by atoms with Crippen molar-refractivity contribution in [1.29, 1.82) is 0 Å². The lowest BCUT2D eigenvalue weighted by atomic mass is 9.85. The van der Waals surface area contributed by atoms with E-state index < -0.39 is 29.5 Å². The smallest absolute Gasteiger partial charge is 0.416 e. The van der Waals surface area contributed by atoms with Crippen LogP contribution in [-0.4, -0.2) is 53.9 Å². The lowest BCUT2D eigenvalue weighted by molar-refractivity contribution is -0.137. The maximum Gasteiger partial charge on any atom is 0.416 e. The van der Waals surface area contributed by atoms with Crippen LogP contribution in [0.25, 0.3) is 11.1 Å². The molecule has 2 aliphatic heterocycles. The predicted octanol–water partition coefficient (Wildman–Crippen LogP) is 5.90. The first kappa shape index (κ1) is 31.2. The maximum absolute atomic E-state index is 13.6. The fourth-order valence-electron chi connectivity index (χ4n) is 5.34. The van der Waals surface area contributed by atoms with Gasteiger partial charge in [-0.2, -0.15) is 13.2 Å². The topological polar surface area (TPSA) is 106 Å². The van der Waals surface area contributed by atoms with E-state index in [9.17, 15) is 22.8 Å². The lowest BCUT2D eigenvalue weighted by Gasteiger charge is -2.37. The zero-order chi connectivity index (χ0) is 31.7. The van der Waals surface area contributed by atoms with E-state index >= 15 is 0 Å². The Balaban J connectivity index is 1.28. The van der Waals surface area contributed by atoms with Crippen molar-refractivity contribution in [2.75, 3.05) is 31.2 Å². The molecule has 0 saturated carbocycles. The Morgan fingerprint density at radius 1 is 1.09 bits per heavy atom. The average Bonchev–Trinajstić information content (AvgIpc) is 3.42. The van der Waals surface area contributed by atoms with Gasteiger partial charge in [0.15, 0.2) is 0 Å². The van der Waals surface area contributed by atoms with Crippen LogP contribution in [0.1, 0.15) is 67.3 Å². The number of halogens is 3. The molecule has 0 unspecified atom stereocenters.